The molecule has 3 N–H and O–H groups in total. The fraction of sp³-hybridized carbons (Fsp3) is 0.167. The van der Waals surface area contributed by atoms with Crippen LogP contribution in [0, 0.1) is 0 Å². The van der Waals surface area contributed by atoms with E-state index in [0.29, 0.717) is 33.6 Å². The third kappa shape index (κ3) is 7.21. The monoisotopic (exact) mass is 518 g/mol. The van der Waals surface area contributed by atoms with Crippen LogP contribution in [0.25, 0.3) is 0 Å². The van der Waals surface area contributed by atoms with E-state index in [0.717, 1.165) is 17.7 Å². The van der Waals surface area contributed by atoms with Gasteiger partial charge in [0.2, 0.25) is 5.91 Å². The zero-order chi connectivity index (χ0) is 24.5. The first-order valence-corrected chi connectivity index (χ1v) is 11.8. The molecular weight excluding hydrogens is 495 g/mol. The van der Waals surface area contributed by atoms with E-state index in [-0.39, 0.29) is 5.91 Å². The number of carbonyl (C=O) groups excluding carboxylic acids is 2. The number of ether oxygens (including phenoxy) is 1. The van der Waals surface area contributed by atoms with Crippen molar-refractivity contribution in [3.8, 4) is 5.75 Å². The fourth-order valence-corrected chi connectivity index (χ4v) is 4.11. The predicted molar refractivity (Wildman–Crippen MR) is 140 cm³/mol. The first-order chi connectivity index (χ1) is 16.4. The molecule has 1 atom stereocenters. The first-order valence-electron chi connectivity index (χ1n) is 10.3. The highest BCUT2D eigenvalue weighted by molar-refractivity contribution is 7.99. The molecule has 0 fully saturated rings. The third-order valence-electron chi connectivity index (χ3n) is 4.91. The number of likely N-dealkylation sites (N-methyl/N-ethyl adjacent to an activating group) is 1. The number of methoxy groups -OCH3 is 1. The molecule has 3 rings (SSSR count). The quantitative estimate of drug-likeness (QED) is 0.323. The number of halogens is 2. The largest absolute Gasteiger partial charge is 0.497 e. The second kappa shape index (κ2) is 12.4. The van der Waals surface area contributed by atoms with Crippen LogP contribution in [-0.4, -0.2) is 32.1 Å². The van der Waals surface area contributed by atoms with Gasteiger partial charge < -0.3 is 19.7 Å². The van der Waals surface area contributed by atoms with Crippen LogP contribution in [0.3, 0.4) is 0 Å². The number of benzene rings is 3. The van der Waals surface area contributed by atoms with Crippen molar-refractivity contribution < 1.29 is 14.3 Å². The van der Waals surface area contributed by atoms with E-state index in [1.54, 1.807) is 56.6 Å². The normalized spacial score (nSPS) is 11.3. The lowest BCUT2D eigenvalue weighted by Gasteiger charge is -2.25. The van der Waals surface area contributed by atoms with Gasteiger partial charge in [-0.15, -0.1) is 0 Å². The molecule has 0 heterocycles. The maximum absolute atomic E-state index is 13.3. The van der Waals surface area contributed by atoms with Crippen molar-refractivity contribution in [2.75, 3.05) is 23.8 Å². The van der Waals surface area contributed by atoms with Crippen LogP contribution in [0.5, 0.6) is 5.75 Å². The van der Waals surface area contributed by atoms with Gasteiger partial charge in [0.05, 0.1) is 30.0 Å². The van der Waals surface area contributed by atoms with Crippen molar-refractivity contribution in [1.29, 1.82) is 0 Å². The molecule has 34 heavy (non-hydrogen) atoms. The van der Waals surface area contributed by atoms with Gasteiger partial charge in [0, 0.05) is 24.2 Å². The minimum atomic E-state index is -0.797. The Morgan fingerprint density at radius 1 is 1.03 bits per heavy atom. The SMILES string of the molecule is COc1ccc(N(C)C(=O)C(Cc2ccccc2)NC(=O)NSNc2ccc(Cl)cc2Cl)cc1. The second-order valence-electron chi connectivity index (χ2n) is 7.24. The summed E-state index contributed by atoms with van der Waals surface area (Å²) in [7, 11) is 3.25. The fourth-order valence-electron chi connectivity index (χ4n) is 3.10. The Balaban J connectivity index is 1.66. The number of hydrogen-bond acceptors (Lipinski definition) is 5. The van der Waals surface area contributed by atoms with Gasteiger partial charge in [0.1, 0.15) is 11.8 Å². The van der Waals surface area contributed by atoms with Gasteiger partial charge in [0.15, 0.2) is 0 Å². The Morgan fingerprint density at radius 2 is 1.74 bits per heavy atom. The van der Waals surface area contributed by atoms with E-state index in [2.05, 4.69) is 14.8 Å². The molecule has 0 saturated heterocycles. The third-order valence-corrected chi connectivity index (χ3v) is 6.07. The van der Waals surface area contributed by atoms with E-state index in [1.165, 1.54) is 4.90 Å². The number of anilines is 2. The van der Waals surface area contributed by atoms with Gasteiger partial charge in [-0.05, 0) is 48.0 Å². The minimum Gasteiger partial charge on any atom is -0.497 e. The summed E-state index contributed by atoms with van der Waals surface area (Å²) in [5.74, 6) is 0.427. The van der Waals surface area contributed by atoms with Crippen molar-refractivity contribution in [2.24, 2.45) is 0 Å². The molecule has 0 spiro atoms. The number of amides is 3. The van der Waals surface area contributed by atoms with Crippen LogP contribution < -0.4 is 24.4 Å². The maximum Gasteiger partial charge on any atom is 0.326 e. The summed E-state index contributed by atoms with van der Waals surface area (Å²) in [6.45, 7) is 0. The molecule has 1 unspecified atom stereocenters. The summed E-state index contributed by atoms with van der Waals surface area (Å²) >= 11 is 13.0. The zero-order valence-electron chi connectivity index (χ0n) is 18.5. The van der Waals surface area contributed by atoms with Crippen LogP contribution in [0.4, 0.5) is 16.2 Å². The van der Waals surface area contributed by atoms with E-state index in [4.69, 9.17) is 27.9 Å². The van der Waals surface area contributed by atoms with Crippen molar-refractivity contribution in [3.05, 3.63) is 88.4 Å². The Morgan fingerprint density at radius 3 is 2.38 bits per heavy atom. The Hall–Kier alpha value is -3.07. The molecule has 0 aromatic heterocycles. The highest BCUT2D eigenvalue weighted by atomic mass is 35.5. The summed E-state index contributed by atoms with van der Waals surface area (Å²) < 4.78 is 10.7. The first kappa shape index (κ1) is 25.6. The molecule has 0 bridgehead atoms. The van der Waals surface area contributed by atoms with Gasteiger partial charge in [-0.2, -0.15) is 0 Å². The molecule has 0 radical (unpaired) electrons. The molecule has 0 aliphatic carbocycles. The molecule has 0 saturated carbocycles. The summed E-state index contributed by atoms with van der Waals surface area (Å²) in [4.78, 5) is 27.4. The summed E-state index contributed by atoms with van der Waals surface area (Å²) in [6, 6.07) is 20.3. The number of rotatable bonds is 9. The highest BCUT2D eigenvalue weighted by Crippen LogP contribution is 2.26. The van der Waals surface area contributed by atoms with Gasteiger partial charge in [0.25, 0.3) is 0 Å². The van der Waals surface area contributed by atoms with E-state index in [1.807, 2.05) is 30.3 Å². The molecular formula is C24H24Cl2N4O3S. The standard InChI is InChI=1S/C24H24Cl2N4O3S/c1-30(18-9-11-19(33-2)12-10-18)23(31)22(14-16-6-4-3-5-7-16)27-24(32)29-34-28-21-13-8-17(25)15-20(21)26/h3-13,15,22,28H,14H2,1-2H3,(H2,27,29,32). The molecule has 178 valence electrons. The van der Waals surface area contributed by atoms with E-state index >= 15 is 0 Å². The zero-order valence-corrected chi connectivity index (χ0v) is 20.9. The second-order valence-corrected chi connectivity index (χ2v) is 8.70. The highest BCUT2D eigenvalue weighted by Gasteiger charge is 2.25. The van der Waals surface area contributed by atoms with Crippen LogP contribution in [0.2, 0.25) is 10.0 Å². The topological polar surface area (TPSA) is 82.7 Å². The predicted octanol–water partition coefficient (Wildman–Crippen LogP) is 5.55. The van der Waals surface area contributed by atoms with E-state index in [9.17, 15) is 9.59 Å². The van der Waals surface area contributed by atoms with Crippen molar-refractivity contribution in [1.82, 2.24) is 10.0 Å². The molecule has 0 aliphatic rings. The number of urea groups is 1. The molecule has 10 heteroatoms. The number of nitrogens with one attached hydrogen (secondary N) is 3. The number of nitrogens with zero attached hydrogens (tertiary/aromatic N) is 1. The average Bonchev–Trinajstić information content (AvgIpc) is 2.85. The molecule has 7 nitrogen and oxygen atoms in total. The molecule has 3 aromatic carbocycles. The Bertz CT molecular complexity index is 1120. The lowest BCUT2D eigenvalue weighted by atomic mass is 10.0. The van der Waals surface area contributed by atoms with Gasteiger partial charge in [-0.25, -0.2) is 4.79 Å². The molecule has 3 amide bonds. The van der Waals surface area contributed by atoms with Gasteiger partial charge in [-0.3, -0.25) is 9.52 Å². The Kier molecular flexibility index (Phi) is 9.33. The van der Waals surface area contributed by atoms with Crippen LogP contribution in [0.15, 0.2) is 72.8 Å². The number of hydrogen-bond donors (Lipinski definition) is 3. The average molecular weight is 519 g/mol. The Labute approximate surface area is 213 Å². The smallest absolute Gasteiger partial charge is 0.326 e. The molecule has 0 aliphatic heterocycles. The maximum atomic E-state index is 13.3. The van der Waals surface area contributed by atoms with Gasteiger partial charge >= 0.3 is 6.03 Å². The lowest BCUT2D eigenvalue weighted by Crippen LogP contribution is -2.50. The summed E-state index contributed by atoms with van der Waals surface area (Å²) in [5.41, 5.74) is 2.19. The van der Waals surface area contributed by atoms with E-state index < -0.39 is 12.1 Å². The van der Waals surface area contributed by atoms with Crippen LogP contribution in [-0.2, 0) is 11.2 Å². The lowest BCUT2D eigenvalue weighted by molar-refractivity contribution is -0.120. The summed E-state index contributed by atoms with van der Waals surface area (Å²) in [5, 5.41) is 3.69. The number of carbonyl (C=O) groups is 2. The van der Waals surface area contributed by atoms with Crippen LogP contribution >= 0.6 is 35.3 Å². The van der Waals surface area contributed by atoms with Gasteiger partial charge in [-0.1, -0.05) is 53.5 Å². The molecule has 3 aromatic rings. The van der Waals surface area contributed by atoms with Crippen molar-refractivity contribution in [3.63, 3.8) is 0 Å². The van der Waals surface area contributed by atoms with Crippen LogP contribution in [0.1, 0.15) is 5.56 Å². The van der Waals surface area contributed by atoms with Crippen molar-refractivity contribution in [2.45, 2.75) is 12.5 Å². The summed E-state index contributed by atoms with van der Waals surface area (Å²) in [6.07, 6.45) is 0.328. The van der Waals surface area contributed by atoms with Crippen molar-refractivity contribution >= 4 is 58.6 Å². The minimum absolute atomic E-state index is 0.261.